The Morgan fingerprint density at radius 1 is 1.44 bits per heavy atom. The highest BCUT2D eigenvalue weighted by atomic mass is 79.9. The summed E-state index contributed by atoms with van der Waals surface area (Å²) in [5.74, 6) is 1.38. The van der Waals surface area contributed by atoms with Crippen molar-refractivity contribution in [2.45, 2.75) is 13.0 Å². The van der Waals surface area contributed by atoms with Crippen molar-refractivity contribution in [3.8, 4) is 0 Å². The highest BCUT2D eigenvalue weighted by molar-refractivity contribution is 9.10. The van der Waals surface area contributed by atoms with Gasteiger partial charge in [0.05, 0.1) is 10.7 Å². The van der Waals surface area contributed by atoms with Crippen molar-refractivity contribution >= 4 is 27.7 Å². The average molecular weight is 312 g/mol. The molecule has 0 aromatic carbocycles. The van der Waals surface area contributed by atoms with Crippen LogP contribution in [0.25, 0.3) is 0 Å². The zero-order valence-corrected chi connectivity index (χ0v) is 11.6. The SMILES string of the molecule is CNc1ncc(Br)c(NCCCn2ccnn2)n1. The average Bonchev–Trinajstić information content (AvgIpc) is 2.89. The summed E-state index contributed by atoms with van der Waals surface area (Å²) in [6.07, 6.45) is 6.18. The number of anilines is 2. The third-order valence-electron chi connectivity index (χ3n) is 2.30. The molecule has 0 aliphatic rings. The molecule has 0 unspecified atom stereocenters. The van der Waals surface area contributed by atoms with Crippen LogP contribution in [0.3, 0.4) is 0 Å². The maximum absolute atomic E-state index is 4.31. The lowest BCUT2D eigenvalue weighted by Crippen LogP contribution is -2.09. The summed E-state index contributed by atoms with van der Waals surface area (Å²) in [4.78, 5) is 8.41. The van der Waals surface area contributed by atoms with Gasteiger partial charge in [-0.3, -0.25) is 4.68 Å². The van der Waals surface area contributed by atoms with Gasteiger partial charge in [0.1, 0.15) is 5.82 Å². The number of nitrogens with zero attached hydrogens (tertiary/aromatic N) is 5. The molecule has 2 N–H and O–H groups in total. The van der Waals surface area contributed by atoms with Gasteiger partial charge in [-0.25, -0.2) is 4.98 Å². The summed E-state index contributed by atoms with van der Waals surface area (Å²) >= 11 is 3.41. The minimum atomic E-state index is 0.594. The van der Waals surface area contributed by atoms with E-state index in [0.717, 1.165) is 29.8 Å². The van der Waals surface area contributed by atoms with Gasteiger partial charge >= 0.3 is 0 Å². The van der Waals surface area contributed by atoms with Crippen LogP contribution in [0.4, 0.5) is 11.8 Å². The number of nitrogens with one attached hydrogen (secondary N) is 2. The predicted octanol–water partition coefficient (Wildman–Crippen LogP) is 1.37. The molecule has 8 heteroatoms. The number of hydrogen-bond acceptors (Lipinski definition) is 6. The number of halogens is 1. The molecule has 2 heterocycles. The molecule has 2 rings (SSSR count). The summed E-state index contributed by atoms with van der Waals surface area (Å²) in [5, 5.41) is 13.8. The first-order valence-corrected chi connectivity index (χ1v) is 6.37. The third-order valence-corrected chi connectivity index (χ3v) is 2.88. The second-order valence-electron chi connectivity index (χ2n) is 3.59. The Hall–Kier alpha value is -1.70. The Morgan fingerprint density at radius 3 is 3.06 bits per heavy atom. The van der Waals surface area contributed by atoms with Crippen LogP contribution >= 0.6 is 15.9 Å². The van der Waals surface area contributed by atoms with Gasteiger partial charge in [0.2, 0.25) is 5.95 Å². The molecule has 0 atom stereocenters. The maximum Gasteiger partial charge on any atom is 0.224 e. The molecule has 2 aromatic heterocycles. The minimum absolute atomic E-state index is 0.594. The third kappa shape index (κ3) is 3.39. The van der Waals surface area contributed by atoms with E-state index < -0.39 is 0 Å². The van der Waals surface area contributed by atoms with E-state index in [1.807, 2.05) is 6.20 Å². The molecule has 0 amide bonds. The summed E-state index contributed by atoms with van der Waals surface area (Å²) < 4.78 is 2.65. The van der Waals surface area contributed by atoms with Crippen LogP contribution in [-0.4, -0.2) is 38.6 Å². The van der Waals surface area contributed by atoms with Gasteiger partial charge in [-0.2, -0.15) is 4.98 Å². The van der Waals surface area contributed by atoms with E-state index in [1.165, 1.54) is 0 Å². The molecule has 0 spiro atoms. The molecule has 2 aromatic rings. The number of hydrogen-bond donors (Lipinski definition) is 2. The maximum atomic E-state index is 4.31. The van der Waals surface area contributed by atoms with Gasteiger partial charge in [0.25, 0.3) is 0 Å². The molecule has 18 heavy (non-hydrogen) atoms. The lowest BCUT2D eigenvalue weighted by molar-refractivity contribution is 0.569. The van der Waals surface area contributed by atoms with Crippen molar-refractivity contribution in [2.75, 3.05) is 24.2 Å². The van der Waals surface area contributed by atoms with Crippen molar-refractivity contribution in [3.05, 3.63) is 23.1 Å². The lowest BCUT2D eigenvalue weighted by Gasteiger charge is -2.08. The number of aryl methyl sites for hydroxylation is 1. The smallest absolute Gasteiger partial charge is 0.224 e. The van der Waals surface area contributed by atoms with Crippen LogP contribution in [0.5, 0.6) is 0 Å². The fourth-order valence-corrected chi connectivity index (χ4v) is 1.74. The van der Waals surface area contributed by atoms with E-state index in [0.29, 0.717) is 5.95 Å². The Bertz CT molecular complexity index is 485. The van der Waals surface area contributed by atoms with Gasteiger partial charge in [-0.15, -0.1) is 5.10 Å². The monoisotopic (exact) mass is 311 g/mol. The fraction of sp³-hybridized carbons (Fsp3) is 0.400. The molecule has 0 saturated heterocycles. The first-order valence-electron chi connectivity index (χ1n) is 5.58. The molecule has 0 saturated carbocycles. The summed E-state index contributed by atoms with van der Waals surface area (Å²) in [7, 11) is 1.79. The molecule has 0 bridgehead atoms. The van der Waals surface area contributed by atoms with Crippen molar-refractivity contribution in [1.82, 2.24) is 25.0 Å². The van der Waals surface area contributed by atoms with E-state index in [2.05, 4.69) is 46.8 Å². The van der Waals surface area contributed by atoms with E-state index in [9.17, 15) is 0 Å². The van der Waals surface area contributed by atoms with E-state index in [-0.39, 0.29) is 0 Å². The largest absolute Gasteiger partial charge is 0.369 e. The van der Waals surface area contributed by atoms with E-state index >= 15 is 0 Å². The van der Waals surface area contributed by atoms with Crippen LogP contribution in [0.15, 0.2) is 23.1 Å². The number of aromatic nitrogens is 5. The normalized spacial score (nSPS) is 10.3. The standard InChI is InChI=1S/C10H14BrN7/c1-12-10-14-7-8(11)9(16-10)13-3-2-5-18-6-4-15-17-18/h4,6-7H,2-3,5H2,1H3,(H2,12,13,14,16). The van der Waals surface area contributed by atoms with Crippen LogP contribution in [0.2, 0.25) is 0 Å². The Kier molecular flexibility index (Phi) is 4.46. The van der Waals surface area contributed by atoms with Crippen LogP contribution in [0, 0.1) is 0 Å². The number of rotatable bonds is 6. The van der Waals surface area contributed by atoms with Crippen LogP contribution < -0.4 is 10.6 Å². The minimum Gasteiger partial charge on any atom is -0.369 e. The fourth-order valence-electron chi connectivity index (χ4n) is 1.41. The summed E-state index contributed by atoms with van der Waals surface area (Å²) in [6.45, 7) is 1.63. The van der Waals surface area contributed by atoms with Gasteiger partial charge in [0.15, 0.2) is 0 Å². The summed E-state index contributed by atoms with van der Waals surface area (Å²) in [5.41, 5.74) is 0. The highest BCUT2D eigenvalue weighted by Gasteiger charge is 2.03. The lowest BCUT2D eigenvalue weighted by atomic mass is 10.4. The Labute approximate surface area is 113 Å². The van der Waals surface area contributed by atoms with Gasteiger partial charge < -0.3 is 10.6 Å². The van der Waals surface area contributed by atoms with Crippen LogP contribution in [-0.2, 0) is 6.54 Å². The van der Waals surface area contributed by atoms with Gasteiger partial charge in [0, 0.05) is 32.5 Å². The predicted molar refractivity (Wildman–Crippen MR) is 72.4 cm³/mol. The molecule has 0 aliphatic carbocycles. The topological polar surface area (TPSA) is 80.5 Å². The van der Waals surface area contributed by atoms with Crippen molar-refractivity contribution < 1.29 is 0 Å². The molecular formula is C10H14BrN7. The molecule has 0 aliphatic heterocycles. The van der Waals surface area contributed by atoms with Crippen LogP contribution in [0.1, 0.15) is 6.42 Å². The van der Waals surface area contributed by atoms with Crippen molar-refractivity contribution in [3.63, 3.8) is 0 Å². The summed E-state index contributed by atoms with van der Waals surface area (Å²) in [6, 6.07) is 0. The second-order valence-corrected chi connectivity index (χ2v) is 4.44. The molecule has 0 radical (unpaired) electrons. The highest BCUT2D eigenvalue weighted by Crippen LogP contribution is 2.19. The first-order chi connectivity index (χ1) is 8.79. The molecule has 0 fully saturated rings. The Morgan fingerprint density at radius 2 is 2.33 bits per heavy atom. The second kappa shape index (κ2) is 6.29. The molecule has 7 nitrogen and oxygen atoms in total. The van der Waals surface area contributed by atoms with Gasteiger partial charge in [-0.05, 0) is 22.4 Å². The first kappa shape index (κ1) is 12.7. The van der Waals surface area contributed by atoms with E-state index in [4.69, 9.17) is 0 Å². The van der Waals surface area contributed by atoms with E-state index in [1.54, 1.807) is 24.1 Å². The van der Waals surface area contributed by atoms with Crippen molar-refractivity contribution in [1.29, 1.82) is 0 Å². The zero-order chi connectivity index (χ0) is 12.8. The van der Waals surface area contributed by atoms with Crippen molar-refractivity contribution in [2.24, 2.45) is 0 Å². The molecular weight excluding hydrogens is 298 g/mol. The quantitative estimate of drug-likeness (QED) is 0.784. The van der Waals surface area contributed by atoms with Gasteiger partial charge in [-0.1, -0.05) is 5.21 Å². The molecule has 96 valence electrons. The Balaban J connectivity index is 1.82. The zero-order valence-electron chi connectivity index (χ0n) is 9.97.